The third kappa shape index (κ3) is 3.68. The van der Waals surface area contributed by atoms with Crippen LogP contribution in [0.15, 0.2) is 64.1 Å². The first kappa shape index (κ1) is 18.5. The van der Waals surface area contributed by atoms with Gasteiger partial charge >= 0.3 is 0 Å². The standard InChI is InChI=1S/C22H20FN5O2/c23-17-1-3-20-19(13-17)25-22(30-20)27-11-7-15(8-12-27)14-28-21(29)4-2-18(26-28)16-5-9-24-10-6-16/h1-6,9-10,13,15H,7-8,11-12,14H2. The van der Waals surface area contributed by atoms with Gasteiger partial charge in [0.15, 0.2) is 5.58 Å². The van der Waals surface area contributed by atoms with Gasteiger partial charge in [0.05, 0.1) is 5.69 Å². The summed E-state index contributed by atoms with van der Waals surface area (Å²) in [6, 6.07) is 11.9. The second-order valence-corrected chi connectivity index (χ2v) is 7.51. The molecule has 5 rings (SSSR count). The van der Waals surface area contributed by atoms with Gasteiger partial charge in [-0.25, -0.2) is 9.07 Å². The number of hydrogen-bond acceptors (Lipinski definition) is 6. The number of halogens is 1. The van der Waals surface area contributed by atoms with Gasteiger partial charge in [0, 0.05) is 49.7 Å². The molecule has 4 heterocycles. The van der Waals surface area contributed by atoms with Gasteiger partial charge in [0.2, 0.25) is 0 Å². The van der Waals surface area contributed by atoms with Crippen molar-refractivity contribution < 1.29 is 8.81 Å². The first-order valence-electron chi connectivity index (χ1n) is 9.95. The van der Waals surface area contributed by atoms with E-state index in [2.05, 4.69) is 20.0 Å². The number of piperidine rings is 1. The van der Waals surface area contributed by atoms with Gasteiger partial charge in [0.1, 0.15) is 11.3 Å². The van der Waals surface area contributed by atoms with E-state index in [4.69, 9.17) is 4.42 Å². The number of benzene rings is 1. The fourth-order valence-corrected chi connectivity index (χ4v) is 3.83. The van der Waals surface area contributed by atoms with Crippen LogP contribution in [0.1, 0.15) is 12.8 Å². The summed E-state index contributed by atoms with van der Waals surface area (Å²) < 4.78 is 20.7. The lowest BCUT2D eigenvalue weighted by molar-refractivity contribution is 0.328. The molecule has 7 nitrogen and oxygen atoms in total. The molecule has 8 heteroatoms. The normalized spacial score (nSPS) is 15.0. The number of nitrogens with zero attached hydrogens (tertiary/aromatic N) is 5. The summed E-state index contributed by atoms with van der Waals surface area (Å²) in [7, 11) is 0. The molecule has 1 aliphatic rings. The summed E-state index contributed by atoms with van der Waals surface area (Å²) in [4.78, 5) is 22.8. The zero-order valence-corrected chi connectivity index (χ0v) is 16.2. The van der Waals surface area contributed by atoms with Crippen molar-refractivity contribution >= 4 is 17.1 Å². The Hall–Kier alpha value is -3.55. The largest absolute Gasteiger partial charge is 0.423 e. The van der Waals surface area contributed by atoms with Crippen LogP contribution in [0.25, 0.3) is 22.4 Å². The fraction of sp³-hybridized carbons (Fsp3) is 0.273. The fourth-order valence-electron chi connectivity index (χ4n) is 3.83. The molecule has 0 spiro atoms. The van der Waals surface area contributed by atoms with Gasteiger partial charge in [-0.2, -0.15) is 10.1 Å². The smallest absolute Gasteiger partial charge is 0.298 e. The number of oxazole rings is 1. The minimum Gasteiger partial charge on any atom is -0.423 e. The predicted octanol–water partition coefficient (Wildman–Crippen LogP) is 3.50. The van der Waals surface area contributed by atoms with E-state index >= 15 is 0 Å². The number of anilines is 1. The van der Waals surface area contributed by atoms with Crippen LogP contribution >= 0.6 is 0 Å². The molecule has 152 valence electrons. The summed E-state index contributed by atoms with van der Waals surface area (Å²) in [6.07, 6.45) is 5.20. The van der Waals surface area contributed by atoms with Gasteiger partial charge in [0.25, 0.3) is 11.6 Å². The second-order valence-electron chi connectivity index (χ2n) is 7.51. The predicted molar refractivity (Wildman–Crippen MR) is 111 cm³/mol. The SMILES string of the molecule is O=c1ccc(-c2ccncc2)nn1CC1CCN(c2nc3cc(F)ccc3o2)CC1. The number of pyridine rings is 1. The minimum atomic E-state index is -0.326. The molecule has 3 aromatic heterocycles. The highest BCUT2D eigenvalue weighted by molar-refractivity contribution is 5.74. The number of rotatable bonds is 4. The number of hydrogen-bond donors (Lipinski definition) is 0. The Labute approximate surface area is 171 Å². The van der Waals surface area contributed by atoms with Gasteiger partial charge in [-0.15, -0.1) is 0 Å². The molecule has 0 amide bonds. The van der Waals surface area contributed by atoms with E-state index in [1.165, 1.54) is 12.1 Å². The van der Waals surface area contributed by atoms with E-state index in [1.54, 1.807) is 35.3 Å². The van der Waals surface area contributed by atoms with Crippen LogP contribution in [0.4, 0.5) is 10.4 Å². The first-order chi connectivity index (χ1) is 14.7. The topological polar surface area (TPSA) is 77.1 Å². The van der Waals surface area contributed by atoms with E-state index in [0.717, 1.165) is 37.2 Å². The lowest BCUT2D eigenvalue weighted by Gasteiger charge is -2.30. The Balaban J connectivity index is 1.27. The van der Waals surface area contributed by atoms with E-state index in [0.29, 0.717) is 29.6 Å². The van der Waals surface area contributed by atoms with Crippen molar-refractivity contribution in [2.75, 3.05) is 18.0 Å². The van der Waals surface area contributed by atoms with Crippen LogP contribution < -0.4 is 10.5 Å². The quantitative estimate of drug-likeness (QED) is 0.517. The third-order valence-electron chi connectivity index (χ3n) is 5.50. The van der Waals surface area contributed by atoms with Crippen molar-refractivity contribution in [3.8, 4) is 11.3 Å². The van der Waals surface area contributed by atoms with Gasteiger partial charge in [-0.1, -0.05) is 0 Å². The van der Waals surface area contributed by atoms with E-state index in [1.807, 2.05) is 12.1 Å². The first-order valence-corrected chi connectivity index (χ1v) is 9.95. The zero-order valence-electron chi connectivity index (χ0n) is 16.2. The van der Waals surface area contributed by atoms with Crippen molar-refractivity contribution in [2.45, 2.75) is 19.4 Å². The Morgan fingerprint density at radius 3 is 2.67 bits per heavy atom. The molecule has 0 radical (unpaired) electrons. The molecular formula is C22H20FN5O2. The molecule has 0 atom stereocenters. The van der Waals surface area contributed by atoms with Gasteiger partial charge in [-0.05, 0) is 49.1 Å². The van der Waals surface area contributed by atoms with E-state index in [9.17, 15) is 9.18 Å². The molecule has 1 aromatic carbocycles. The maximum Gasteiger partial charge on any atom is 0.298 e. The maximum absolute atomic E-state index is 13.4. The molecular weight excluding hydrogens is 385 g/mol. The maximum atomic E-state index is 13.4. The lowest BCUT2D eigenvalue weighted by Crippen LogP contribution is -2.37. The Morgan fingerprint density at radius 1 is 1.07 bits per heavy atom. The molecule has 0 N–H and O–H groups in total. The van der Waals surface area contributed by atoms with Crippen LogP contribution in [-0.2, 0) is 6.54 Å². The molecule has 0 bridgehead atoms. The molecule has 30 heavy (non-hydrogen) atoms. The average molecular weight is 405 g/mol. The van der Waals surface area contributed by atoms with Gasteiger partial charge in [-0.3, -0.25) is 9.78 Å². The molecule has 1 saturated heterocycles. The molecule has 1 aliphatic heterocycles. The van der Waals surface area contributed by atoms with Crippen LogP contribution in [0, 0.1) is 11.7 Å². The van der Waals surface area contributed by atoms with Crippen molar-refractivity contribution in [2.24, 2.45) is 5.92 Å². The van der Waals surface area contributed by atoms with E-state index < -0.39 is 0 Å². The third-order valence-corrected chi connectivity index (χ3v) is 5.50. The molecule has 1 fully saturated rings. The molecule has 0 unspecified atom stereocenters. The van der Waals surface area contributed by atoms with Crippen molar-refractivity contribution in [1.82, 2.24) is 19.7 Å². The van der Waals surface area contributed by atoms with E-state index in [-0.39, 0.29) is 11.4 Å². The second kappa shape index (κ2) is 7.70. The highest BCUT2D eigenvalue weighted by Crippen LogP contribution is 2.27. The minimum absolute atomic E-state index is 0.101. The molecule has 0 aliphatic carbocycles. The Kier molecular flexibility index (Phi) is 4.74. The summed E-state index contributed by atoms with van der Waals surface area (Å²) in [5.74, 6) is 0.00830. The van der Waals surface area contributed by atoms with Crippen molar-refractivity contribution in [3.05, 3.63) is 71.0 Å². The van der Waals surface area contributed by atoms with Crippen molar-refractivity contribution in [3.63, 3.8) is 0 Å². The highest BCUT2D eigenvalue weighted by atomic mass is 19.1. The monoisotopic (exact) mass is 405 g/mol. The van der Waals surface area contributed by atoms with Crippen LogP contribution in [-0.4, -0.2) is 32.8 Å². The zero-order chi connectivity index (χ0) is 20.5. The Morgan fingerprint density at radius 2 is 1.87 bits per heavy atom. The summed E-state index contributed by atoms with van der Waals surface area (Å²) in [6.45, 7) is 2.10. The molecule has 0 saturated carbocycles. The lowest BCUT2D eigenvalue weighted by atomic mass is 9.97. The summed E-state index contributed by atoms with van der Waals surface area (Å²) in [5.41, 5.74) is 2.69. The Bertz CT molecular complexity index is 1230. The number of aromatic nitrogens is 4. The number of fused-ring (bicyclic) bond motifs is 1. The van der Waals surface area contributed by atoms with Crippen LogP contribution in [0.2, 0.25) is 0 Å². The van der Waals surface area contributed by atoms with Crippen LogP contribution in [0.5, 0.6) is 0 Å². The molecule has 4 aromatic rings. The highest BCUT2D eigenvalue weighted by Gasteiger charge is 2.23. The van der Waals surface area contributed by atoms with Crippen LogP contribution in [0.3, 0.4) is 0 Å². The van der Waals surface area contributed by atoms with Crippen molar-refractivity contribution in [1.29, 1.82) is 0 Å². The summed E-state index contributed by atoms with van der Waals surface area (Å²) >= 11 is 0. The van der Waals surface area contributed by atoms with Gasteiger partial charge < -0.3 is 9.32 Å². The average Bonchev–Trinajstić information content (AvgIpc) is 3.19. The summed E-state index contributed by atoms with van der Waals surface area (Å²) in [5, 5.41) is 4.55.